The van der Waals surface area contributed by atoms with Crippen molar-refractivity contribution in [3.8, 4) is 17.6 Å². The summed E-state index contributed by atoms with van der Waals surface area (Å²) in [5, 5.41) is 8.98. The van der Waals surface area contributed by atoms with Crippen molar-refractivity contribution < 1.29 is 9.53 Å². The maximum atomic E-state index is 12.1. The van der Waals surface area contributed by atoms with Gasteiger partial charge in [0.2, 0.25) is 0 Å². The molecule has 100 valence electrons. The molecular weight excluding hydrogens is 250 g/mol. The summed E-state index contributed by atoms with van der Waals surface area (Å²) in [4.78, 5) is 12.1. The third-order valence-electron chi connectivity index (χ3n) is 2.94. The lowest BCUT2D eigenvalue weighted by molar-refractivity contribution is 0.0892. The highest BCUT2D eigenvalue weighted by molar-refractivity contribution is 6.01. The van der Waals surface area contributed by atoms with Gasteiger partial charge in [0.15, 0.2) is 5.78 Å². The highest BCUT2D eigenvalue weighted by atomic mass is 16.5. The van der Waals surface area contributed by atoms with Crippen molar-refractivity contribution in [2.45, 2.75) is 13.8 Å². The summed E-state index contributed by atoms with van der Waals surface area (Å²) in [6, 6.07) is 18.2. The number of ether oxygens (including phenoxy) is 1. The Morgan fingerprint density at radius 1 is 1.00 bits per heavy atom. The first-order valence-electron chi connectivity index (χ1n) is 6.32. The molecule has 0 spiro atoms. The highest BCUT2D eigenvalue weighted by Crippen LogP contribution is 2.25. The Morgan fingerprint density at radius 3 is 2.10 bits per heavy atom. The Bertz CT molecular complexity index is 637. The Morgan fingerprint density at radius 2 is 1.55 bits per heavy atom. The van der Waals surface area contributed by atoms with Crippen molar-refractivity contribution in [2.24, 2.45) is 5.41 Å². The van der Waals surface area contributed by atoms with Crippen LogP contribution in [0.25, 0.3) is 0 Å². The Hall–Kier alpha value is -2.60. The van der Waals surface area contributed by atoms with Gasteiger partial charge in [-0.15, -0.1) is 0 Å². The average molecular weight is 265 g/mol. The second-order valence-electron chi connectivity index (χ2n) is 5.01. The lowest BCUT2D eigenvalue weighted by Gasteiger charge is -2.13. The van der Waals surface area contributed by atoms with Crippen molar-refractivity contribution in [1.82, 2.24) is 0 Å². The number of Topliss-reactive ketones (excluding diaryl/α,β-unsaturated/α-hetero) is 1. The minimum absolute atomic E-state index is 0.189. The Labute approximate surface area is 118 Å². The lowest BCUT2D eigenvalue weighted by Crippen LogP contribution is -2.22. The minimum Gasteiger partial charge on any atom is -0.457 e. The van der Waals surface area contributed by atoms with Gasteiger partial charge in [0, 0.05) is 5.56 Å². The monoisotopic (exact) mass is 265 g/mol. The minimum atomic E-state index is -1.01. The number of ketones is 1. The Balaban J connectivity index is 2.15. The molecule has 0 aliphatic carbocycles. The van der Waals surface area contributed by atoms with Crippen LogP contribution in [0, 0.1) is 16.7 Å². The van der Waals surface area contributed by atoms with Crippen molar-refractivity contribution >= 4 is 5.78 Å². The van der Waals surface area contributed by atoms with Crippen LogP contribution >= 0.6 is 0 Å². The van der Waals surface area contributed by atoms with Crippen molar-refractivity contribution in [1.29, 1.82) is 5.26 Å². The molecule has 20 heavy (non-hydrogen) atoms. The van der Waals surface area contributed by atoms with Gasteiger partial charge in [0.05, 0.1) is 6.07 Å². The first-order chi connectivity index (χ1) is 9.53. The number of hydrogen-bond donors (Lipinski definition) is 0. The number of nitriles is 1. The molecule has 0 unspecified atom stereocenters. The van der Waals surface area contributed by atoms with Gasteiger partial charge in [-0.25, -0.2) is 0 Å². The van der Waals surface area contributed by atoms with E-state index in [-0.39, 0.29) is 5.78 Å². The summed E-state index contributed by atoms with van der Waals surface area (Å²) in [6.07, 6.45) is 0. The van der Waals surface area contributed by atoms with Gasteiger partial charge in [-0.1, -0.05) is 18.2 Å². The average Bonchev–Trinajstić information content (AvgIpc) is 2.48. The van der Waals surface area contributed by atoms with E-state index in [1.807, 2.05) is 36.4 Å². The zero-order valence-electron chi connectivity index (χ0n) is 11.5. The van der Waals surface area contributed by atoms with E-state index in [1.165, 1.54) is 0 Å². The largest absolute Gasteiger partial charge is 0.457 e. The van der Waals surface area contributed by atoms with Crippen LogP contribution < -0.4 is 4.74 Å². The van der Waals surface area contributed by atoms with Crippen molar-refractivity contribution in [3.05, 3.63) is 60.2 Å². The van der Waals surface area contributed by atoms with Gasteiger partial charge in [-0.2, -0.15) is 5.26 Å². The molecular formula is C17H15NO2. The van der Waals surface area contributed by atoms with Crippen LogP contribution in [0.4, 0.5) is 0 Å². The molecule has 0 bridgehead atoms. The van der Waals surface area contributed by atoms with Crippen LogP contribution in [0.3, 0.4) is 0 Å². The molecule has 3 heteroatoms. The molecule has 0 radical (unpaired) electrons. The van der Waals surface area contributed by atoms with Crippen LogP contribution in [0.5, 0.6) is 11.5 Å². The number of benzene rings is 2. The third kappa shape index (κ3) is 3.04. The lowest BCUT2D eigenvalue weighted by atomic mass is 9.86. The van der Waals surface area contributed by atoms with Crippen LogP contribution in [0.1, 0.15) is 24.2 Å². The molecule has 0 atom stereocenters. The summed E-state index contributed by atoms with van der Waals surface area (Å²) < 4.78 is 5.65. The third-order valence-corrected chi connectivity index (χ3v) is 2.94. The summed E-state index contributed by atoms with van der Waals surface area (Å²) in [6.45, 7) is 3.23. The van der Waals surface area contributed by atoms with Gasteiger partial charge in [0.25, 0.3) is 0 Å². The molecule has 0 fully saturated rings. The van der Waals surface area contributed by atoms with E-state index in [9.17, 15) is 4.79 Å². The van der Waals surface area contributed by atoms with E-state index >= 15 is 0 Å². The Kier molecular flexibility index (Phi) is 3.86. The molecule has 0 amide bonds. The molecule has 0 aromatic heterocycles. The van der Waals surface area contributed by atoms with Crippen molar-refractivity contribution in [2.75, 3.05) is 0 Å². The van der Waals surface area contributed by atoms with E-state index in [0.29, 0.717) is 11.3 Å². The van der Waals surface area contributed by atoms with Gasteiger partial charge in [-0.05, 0) is 50.2 Å². The van der Waals surface area contributed by atoms with E-state index in [1.54, 1.807) is 38.1 Å². The molecule has 0 aliphatic rings. The highest BCUT2D eigenvalue weighted by Gasteiger charge is 2.28. The molecule has 0 aliphatic heterocycles. The van der Waals surface area contributed by atoms with Gasteiger partial charge in [0.1, 0.15) is 16.9 Å². The number of hydrogen-bond acceptors (Lipinski definition) is 3. The molecule has 0 saturated carbocycles. The van der Waals surface area contributed by atoms with Gasteiger partial charge < -0.3 is 4.74 Å². The fourth-order valence-electron chi connectivity index (χ4n) is 1.71. The molecule has 0 heterocycles. The topological polar surface area (TPSA) is 50.1 Å². The molecule has 0 saturated heterocycles. The smallest absolute Gasteiger partial charge is 0.182 e. The fraction of sp³-hybridized carbons (Fsp3) is 0.176. The number of carbonyl (C=O) groups excluding carboxylic acids is 1. The fourth-order valence-corrected chi connectivity index (χ4v) is 1.71. The van der Waals surface area contributed by atoms with Crippen LogP contribution in [0.2, 0.25) is 0 Å². The number of carbonyl (C=O) groups is 1. The molecule has 3 nitrogen and oxygen atoms in total. The summed E-state index contributed by atoms with van der Waals surface area (Å²) in [5.74, 6) is 1.21. The van der Waals surface area contributed by atoms with Crippen molar-refractivity contribution in [3.63, 3.8) is 0 Å². The first-order valence-corrected chi connectivity index (χ1v) is 6.32. The van der Waals surface area contributed by atoms with E-state index in [4.69, 9.17) is 10.00 Å². The van der Waals surface area contributed by atoms with E-state index < -0.39 is 5.41 Å². The number of rotatable bonds is 4. The van der Waals surface area contributed by atoms with Crippen LogP contribution in [0.15, 0.2) is 54.6 Å². The van der Waals surface area contributed by atoms with E-state index in [0.717, 1.165) is 5.75 Å². The van der Waals surface area contributed by atoms with Crippen LogP contribution in [-0.4, -0.2) is 5.78 Å². The predicted octanol–water partition coefficient (Wildman–Crippen LogP) is 4.21. The second kappa shape index (κ2) is 5.58. The number of para-hydroxylation sites is 1. The molecule has 2 aromatic carbocycles. The normalized spacial score (nSPS) is 10.7. The zero-order chi connectivity index (χ0) is 14.6. The van der Waals surface area contributed by atoms with Crippen LogP contribution in [-0.2, 0) is 0 Å². The number of nitrogens with zero attached hydrogens (tertiary/aromatic N) is 1. The SMILES string of the molecule is CC(C)(C#N)C(=O)c1ccc(Oc2ccccc2)cc1. The molecule has 2 aromatic rings. The maximum Gasteiger partial charge on any atom is 0.182 e. The molecule has 0 N–H and O–H groups in total. The quantitative estimate of drug-likeness (QED) is 0.778. The summed E-state index contributed by atoms with van der Waals surface area (Å²) >= 11 is 0. The second-order valence-corrected chi connectivity index (χ2v) is 5.01. The standard InChI is InChI=1S/C17H15NO2/c1-17(2,12-18)16(19)13-8-10-15(11-9-13)20-14-6-4-3-5-7-14/h3-11H,1-2H3. The molecule has 2 rings (SSSR count). The predicted molar refractivity (Wildman–Crippen MR) is 76.7 cm³/mol. The first kappa shape index (κ1) is 13.8. The van der Waals surface area contributed by atoms with Gasteiger partial charge >= 0.3 is 0 Å². The van der Waals surface area contributed by atoms with E-state index in [2.05, 4.69) is 0 Å². The zero-order valence-corrected chi connectivity index (χ0v) is 11.5. The summed E-state index contributed by atoms with van der Waals surface area (Å²) in [7, 11) is 0. The maximum absolute atomic E-state index is 12.1. The summed E-state index contributed by atoms with van der Waals surface area (Å²) in [5.41, 5.74) is -0.501. The van der Waals surface area contributed by atoms with Gasteiger partial charge in [-0.3, -0.25) is 4.79 Å².